The summed E-state index contributed by atoms with van der Waals surface area (Å²) in [4.78, 5) is 16.5. The van der Waals surface area contributed by atoms with E-state index in [-0.39, 0.29) is 11.9 Å². The molecule has 1 unspecified atom stereocenters. The molecular weight excluding hydrogens is 250 g/mol. The fourth-order valence-corrected chi connectivity index (χ4v) is 2.32. The monoisotopic (exact) mass is 271 g/mol. The maximum atomic E-state index is 12.0. The fourth-order valence-electron chi connectivity index (χ4n) is 2.32. The molecule has 1 heterocycles. The van der Waals surface area contributed by atoms with Crippen LogP contribution in [0.2, 0.25) is 0 Å². The van der Waals surface area contributed by atoms with Gasteiger partial charge in [0.25, 0.3) is 0 Å². The molecule has 1 aromatic carbocycles. The van der Waals surface area contributed by atoms with Crippen LogP contribution in [0.5, 0.6) is 0 Å². The summed E-state index contributed by atoms with van der Waals surface area (Å²) in [5, 5.41) is 3.91. The number of para-hydroxylation sites is 1. The van der Waals surface area contributed by atoms with Gasteiger partial charge in [-0.05, 0) is 25.5 Å². The van der Waals surface area contributed by atoms with Crippen molar-refractivity contribution in [3.05, 3.63) is 36.0 Å². The van der Waals surface area contributed by atoms with E-state index in [9.17, 15) is 4.79 Å². The molecule has 0 aliphatic heterocycles. The molecule has 0 bridgehead atoms. The lowest BCUT2D eigenvalue weighted by molar-refractivity contribution is -0.116. The largest absolute Gasteiger partial charge is 0.327 e. The van der Waals surface area contributed by atoms with Gasteiger partial charge >= 0.3 is 0 Å². The second kappa shape index (κ2) is 6.48. The van der Waals surface area contributed by atoms with Gasteiger partial charge in [0.05, 0.1) is 11.2 Å². The molecule has 0 aliphatic rings. The minimum absolute atomic E-state index is 0.0401. The van der Waals surface area contributed by atoms with Crippen molar-refractivity contribution in [2.24, 2.45) is 5.73 Å². The Morgan fingerprint density at radius 2 is 2.15 bits per heavy atom. The van der Waals surface area contributed by atoms with E-state index in [1.165, 1.54) is 0 Å². The number of nitrogens with one attached hydrogen (secondary N) is 1. The fraction of sp³-hybridized carbons (Fsp3) is 0.375. The molecule has 1 aromatic heterocycles. The van der Waals surface area contributed by atoms with Gasteiger partial charge in [-0.3, -0.25) is 9.78 Å². The zero-order valence-electron chi connectivity index (χ0n) is 12.0. The van der Waals surface area contributed by atoms with E-state index in [1.807, 2.05) is 37.3 Å². The maximum Gasteiger partial charge on any atom is 0.225 e. The van der Waals surface area contributed by atoms with Crippen molar-refractivity contribution in [3.63, 3.8) is 0 Å². The van der Waals surface area contributed by atoms with Crippen LogP contribution < -0.4 is 11.1 Å². The number of carbonyl (C=O) groups excluding carboxylic acids is 1. The Morgan fingerprint density at radius 1 is 1.40 bits per heavy atom. The van der Waals surface area contributed by atoms with Gasteiger partial charge in [0.1, 0.15) is 0 Å². The van der Waals surface area contributed by atoms with Gasteiger partial charge in [-0.15, -0.1) is 0 Å². The first kappa shape index (κ1) is 14.5. The maximum absolute atomic E-state index is 12.0. The molecule has 20 heavy (non-hydrogen) atoms. The zero-order chi connectivity index (χ0) is 14.5. The van der Waals surface area contributed by atoms with Crippen LogP contribution in [0.3, 0.4) is 0 Å². The number of fused-ring (bicyclic) bond motifs is 1. The van der Waals surface area contributed by atoms with Gasteiger partial charge < -0.3 is 11.1 Å². The van der Waals surface area contributed by atoms with Crippen LogP contribution >= 0.6 is 0 Å². The normalized spacial score (nSPS) is 12.3. The summed E-state index contributed by atoms with van der Waals surface area (Å²) in [7, 11) is 0. The van der Waals surface area contributed by atoms with E-state index >= 15 is 0 Å². The standard InChI is InChI=1S/C16H21N3O/c1-3-6-12(17)10-16(20)19-15-9-11(2)18-14-8-5-4-7-13(14)15/h4-5,7-9,12H,3,6,10,17H2,1-2H3,(H,18,19,20). The van der Waals surface area contributed by atoms with Gasteiger partial charge in [-0.2, -0.15) is 0 Å². The molecule has 3 N–H and O–H groups in total. The van der Waals surface area contributed by atoms with Gasteiger partial charge in [-0.1, -0.05) is 31.5 Å². The summed E-state index contributed by atoms with van der Waals surface area (Å²) in [6.07, 6.45) is 2.21. The Bertz CT molecular complexity index is 610. The molecule has 4 nitrogen and oxygen atoms in total. The van der Waals surface area contributed by atoms with Crippen molar-refractivity contribution >= 4 is 22.5 Å². The number of benzene rings is 1. The molecule has 4 heteroatoms. The van der Waals surface area contributed by atoms with Crippen molar-refractivity contribution in [2.75, 3.05) is 5.32 Å². The summed E-state index contributed by atoms with van der Waals surface area (Å²) < 4.78 is 0. The molecule has 0 saturated carbocycles. The van der Waals surface area contributed by atoms with Crippen LogP contribution in [-0.2, 0) is 4.79 Å². The summed E-state index contributed by atoms with van der Waals surface area (Å²) in [6, 6.07) is 9.61. The van der Waals surface area contributed by atoms with Crippen LogP contribution in [0, 0.1) is 6.92 Å². The van der Waals surface area contributed by atoms with E-state index in [4.69, 9.17) is 5.73 Å². The van der Waals surface area contributed by atoms with E-state index < -0.39 is 0 Å². The van der Waals surface area contributed by atoms with Crippen molar-refractivity contribution in [3.8, 4) is 0 Å². The van der Waals surface area contributed by atoms with E-state index in [0.29, 0.717) is 6.42 Å². The number of hydrogen-bond donors (Lipinski definition) is 2. The third-order valence-electron chi connectivity index (χ3n) is 3.23. The first-order chi connectivity index (χ1) is 9.60. The average molecular weight is 271 g/mol. The predicted octanol–water partition coefficient (Wildman–Crippen LogP) is 3.00. The lowest BCUT2D eigenvalue weighted by Crippen LogP contribution is -2.27. The van der Waals surface area contributed by atoms with Gasteiger partial charge in [0.15, 0.2) is 0 Å². The van der Waals surface area contributed by atoms with Crippen molar-refractivity contribution in [1.82, 2.24) is 4.98 Å². The van der Waals surface area contributed by atoms with Gasteiger partial charge in [-0.25, -0.2) is 0 Å². The molecule has 0 aliphatic carbocycles. The Labute approximate surface area is 119 Å². The van der Waals surface area contributed by atoms with Gasteiger partial charge in [0, 0.05) is 23.5 Å². The van der Waals surface area contributed by atoms with Gasteiger partial charge in [0.2, 0.25) is 5.91 Å². The molecular formula is C16H21N3O. The SMILES string of the molecule is CCCC(N)CC(=O)Nc1cc(C)nc2ccccc12. The number of anilines is 1. The molecule has 2 aromatic rings. The second-order valence-electron chi connectivity index (χ2n) is 5.13. The quantitative estimate of drug-likeness (QED) is 0.878. The Hall–Kier alpha value is -1.94. The van der Waals surface area contributed by atoms with Crippen LogP contribution in [0.25, 0.3) is 10.9 Å². The van der Waals surface area contributed by atoms with Crippen molar-refractivity contribution in [1.29, 1.82) is 0 Å². The predicted molar refractivity (Wildman–Crippen MR) is 82.6 cm³/mol. The molecule has 2 rings (SSSR count). The van der Waals surface area contributed by atoms with Crippen molar-refractivity contribution < 1.29 is 4.79 Å². The first-order valence-corrected chi connectivity index (χ1v) is 7.02. The number of hydrogen-bond acceptors (Lipinski definition) is 3. The molecule has 1 atom stereocenters. The summed E-state index contributed by atoms with van der Waals surface area (Å²) in [5.41, 5.74) is 8.49. The van der Waals surface area contributed by atoms with Crippen LogP contribution in [0.4, 0.5) is 5.69 Å². The lowest BCUT2D eigenvalue weighted by Gasteiger charge is -2.12. The number of aromatic nitrogens is 1. The molecule has 106 valence electrons. The number of rotatable bonds is 5. The van der Waals surface area contributed by atoms with E-state index in [0.717, 1.165) is 35.1 Å². The third-order valence-corrected chi connectivity index (χ3v) is 3.23. The minimum Gasteiger partial charge on any atom is -0.327 e. The highest BCUT2D eigenvalue weighted by Gasteiger charge is 2.11. The lowest BCUT2D eigenvalue weighted by atomic mass is 10.1. The summed E-state index contributed by atoms with van der Waals surface area (Å²) in [5.74, 6) is -0.0401. The second-order valence-corrected chi connectivity index (χ2v) is 5.13. The van der Waals surface area contributed by atoms with Crippen LogP contribution in [-0.4, -0.2) is 16.9 Å². The average Bonchev–Trinajstić information content (AvgIpc) is 2.38. The molecule has 0 fully saturated rings. The highest BCUT2D eigenvalue weighted by atomic mass is 16.1. The number of nitrogens with zero attached hydrogens (tertiary/aromatic N) is 1. The smallest absolute Gasteiger partial charge is 0.225 e. The third kappa shape index (κ3) is 3.54. The Balaban J connectivity index is 2.19. The van der Waals surface area contributed by atoms with Crippen molar-refractivity contribution in [2.45, 2.75) is 39.2 Å². The summed E-state index contributed by atoms with van der Waals surface area (Å²) >= 11 is 0. The molecule has 0 saturated heterocycles. The molecule has 0 spiro atoms. The molecule has 1 amide bonds. The highest BCUT2D eigenvalue weighted by Crippen LogP contribution is 2.23. The van der Waals surface area contributed by atoms with Crippen LogP contribution in [0.15, 0.2) is 30.3 Å². The van der Waals surface area contributed by atoms with Crippen LogP contribution in [0.1, 0.15) is 31.9 Å². The minimum atomic E-state index is -0.0748. The Kier molecular flexibility index (Phi) is 4.69. The number of aryl methyl sites for hydroxylation is 1. The summed E-state index contributed by atoms with van der Waals surface area (Å²) in [6.45, 7) is 3.99. The number of nitrogens with two attached hydrogens (primary N) is 1. The first-order valence-electron chi connectivity index (χ1n) is 7.02. The topological polar surface area (TPSA) is 68.0 Å². The highest BCUT2D eigenvalue weighted by molar-refractivity contribution is 6.01. The number of amides is 1. The number of pyridine rings is 1. The Morgan fingerprint density at radius 3 is 2.90 bits per heavy atom. The number of carbonyl (C=O) groups is 1. The van der Waals surface area contributed by atoms with E-state index in [1.54, 1.807) is 0 Å². The molecule has 0 radical (unpaired) electrons. The van der Waals surface area contributed by atoms with E-state index in [2.05, 4.69) is 17.2 Å². The zero-order valence-corrected chi connectivity index (χ0v) is 12.0.